The Hall–Kier alpha value is -1.57. The molecule has 2 rings (SSSR count). The molecule has 102 valence electrons. The normalized spacial score (nSPS) is 15.7. The molecule has 0 aromatic heterocycles. The summed E-state index contributed by atoms with van der Waals surface area (Å²) < 4.78 is 24.5. The Bertz CT molecular complexity index is 473. The van der Waals surface area contributed by atoms with E-state index in [4.69, 9.17) is 15.2 Å². The summed E-state index contributed by atoms with van der Waals surface area (Å²) in [5, 5.41) is 0. The summed E-state index contributed by atoms with van der Waals surface area (Å²) in [7, 11) is 0. The maximum absolute atomic E-state index is 13.6. The molecule has 1 fully saturated rings. The molecule has 1 saturated heterocycles. The molecule has 0 atom stereocenters. The minimum absolute atomic E-state index is 0.260. The van der Waals surface area contributed by atoms with Gasteiger partial charge in [-0.05, 0) is 37.0 Å². The third-order valence-corrected chi connectivity index (χ3v) is 3.08. The van der Waals surface area contributed by atoms with Crippen molar-refractivity contribution in [1.82, 2.24) is 0 Å². The van der Waals surface area contributed by atoms with Gasteiger partial charge in [-0.25, -0.2) is 4.39 Å². The SMILES string of the molecule is NCC#Cc1ccc(F)c(OCC2CCOCC2)c1. The molecule has 1 heterocycles. The summed E-state index contributed by atoms with van der Waals surface area (Å²) in [5.41, 5.74) is 6.03. The van der Waals surface area contributed by atoms with Crippen molar-refractivity contribution in [2.24, 2.45) is 11.7 Å². The van der Waals surface area contributed by atoms with Crippen LogP contribution in [-0.2, 0) is 4.74 Å². The molecule has 1 aliphatic heterocycles. The standard InChI is InChI=1S/C15H18FNO2/c16-14-4-3-12(2-1-7-17)10-15(14)19-11-13-5-8-18-9-6-13/h3-4,10,13H,5-9,11,17H2. The Kier molecular flexibility index (Phi) is 5.20. The highest BCUT2D eigenvalue weighted by molar-refractivity contribution is 5.40. The van der Waals surface area contributed by atoms with Crippen molar-refractivity contribution >= 4 is 0 Å². The van der Waals surface area contributed by atoms with Gasteiger partial charge < -0.3 is 15.2 Å². The maximum Gasteiger partial charge on any atom is 0.165 e. The van der Waals surface area contributed by atoms with Crippen molar-refractivity contribution in [1.29, 1.82) is 0 Å². The van der Waals surface area contributed by atoms with Crippen LogP contribution < -0.4 is 10.5 Å². The van der Waals surface area contributed by atoms with Crippen LogP contribution in [-0.4, -0.2) is 26.4 Å². The molecule has 0 saturated carbocycles. The van der Waals surface area contributed by atoms with Crippen LogP contribution in [0.15, 0.2) is 18.2 Å². The highest BCUT2D eigenvalue weighted by Crippen LogP contribution is 2.21. The van der Waals surface area contributed by atoms with Gasteiger partial charge in [0.15, 0.2) is 11.6 Å². The summed E-state index contributed by atoms with van der Waals surface area (Å²) >= 11 is 0. The van der Waals surface area contributed by atoms with Gasteiger partial charge in [0, 0.05) is 18.8 Å². The Morgan fingerprint density at radius 3 is 2.89 bits per heavy atom. The second-order valence-corrected chi connectivity index (χ2v) is 4.52. The second-order valence-electron chi connectivity index (χ2n) is 4.52. The second kappa shape index (κ2) is 7.13. The highest BCUT2D eigenvalue weighted by Gasteiger charge is 2.15. The van der Waals surface area contributed by atoms with E-state index < -0.39 is 0 Å². The number of nitrogens with two attached hydrogens (primary N) is 1. The van der Waals surface area contributed by atoms with Crippen LogP contribution >= 0.6 is 0 Å². The summed E-state index contributed by atoms with van der Waals surface area (Å²) in [6.45, 7) is 2.33. The average molecular weight is 263 g/mol. The van der Waals surface area contributed by atoms with Gasteiger partial charge in [-0.15, -0.1) is 0 Å². The summed E-state index contributed by atoms with van der Waals surface area (Å²) in [6, 6.07) is 4.62. The predicted molar refractivity (Wildman–Crippen MR) is 71.4 cm³/mol. The third kappa shape index (κ3) is 4.23. The maximum atomic E-state index is 13.6. The van der Waals surface area contributed by atoms with E-state index >= 15 is 0 Å². The van der Waals surface area contributed by atoms with E-state index in [-0.39, 0.29) is 18.1 Å². The van der Waals surface area contributed by atoms with Gasteiger partial charge in [0.05, 0.1) is 13.2 Å². The zero-order valence-corrected chi connectivity index (χ0v) is 10.8. The van der Waals surface area contributed by atoms with Crippen molar-refractivity contribution in [2.45, 2.75) is 12.8 Å². The largest absolute Gasteiger partial charge is 0.490 e. The molecule has 0 radical (unpaired) electrons. The smallest absolute Gasteiger partial charge is 0.165 e. The molecule has 1 aliphatic rings. The fraction of sp³-hybridized carbons (Fsp3) is 0.467. The number of rotatable bonds is 3. The number of hydrogen-bond acceptors (Lipinski definition) is 3. The van der Waals surface area contributed by atoms with Crippen molar-refractivity contribution in [3.05, 3.63) is 29.6 Å². The fourth-order valence-electron chi connectivity index (χ4n) is 1.97. The first kappa shape index (κ1) is 13.9. The van der Waals surface area contributed by atoms with Crippen LogP contribution in [0.2, 0.25) is 0 Å². The van der Waals surface area contributed by atoms with Gasteiger partial charge in [-0.1, -0.05) is 11.8 Å². The number of ether oxygens (including phenoxy) is 2. The highest BCUT2D eigenvalue weighted by atomic mass is 19.1. The first-order chi connectivity index (χ1) is 9.29. The van der Waals surface area contributed by atoms with Crippen molar-refractivity contribution in [3.8, 4) is 17.6 Å². The number of benzene rings is 1. The Labute approximate surface area is 112 Å². The van der Waals surface area contributed by atoms with Crippen molar-refractivity contribution in [2.75, 3.05) is 26.4 Å². The van der Waals surface area contributed by atoms with Crippen LogP contribution in [0.3, 0.4) is 0 Å². The monoisotopic (exact) mass is 263 g/mol. The van der Waals surface area contributed by atoms with Gasteiger partial charge >= 0.3 is 0 Å². The lowest BCUT2D eigenvalue weighted by Gasteiger charge is -2.22. The third-order valence-electron chi connectivity index (χ3n) is 3.08. The molecule has 0 aliphatic carbocycles. The van der Waals surface area contributed by atoms with Gasteiger partial charge in [0.1, 0.15) is 0 Å². The van der Waals surface area contributed by atoms with Gasteiger partial charge in [-0.2, -0.15) is 0 Å². The first-order valence-corrected chi connectivity index (χ1v) is 6.48. The minimum atomic E-state index is -0.356. The molecular formula is C15H18FNO2. The summed E-state index contributed by atoms with van der Waals surface area (Å²) in [4.78, 5) is 0. The molecule has 0 spiro atoms. The van der Waals surface area contributed by atoms with Crippen LogP contribution in [0.5, 0.6) is 5.75 Å². The van der Waals surface area contributed by atoms with Crippen molar-refractivity contribution in [3.63, 3.8) is 0 Å². The average Bonchev–Trinajstić information content (AvgIpc) is 2.46. The Morgan fingerprint density at radius 2 is 2.16 bits per heavy atom. The Balaban J connectivity index is 1.98. The quantitative estimate of drug-likeness (QED) is 0.848. The minimum Gasteiger partial charge on any atom is -0.490 e. The lowest BCUT2D eigenvalue weighted by molar-refractivity contribution is 0.0491. The summed E-state index contributed by atoms with van der Waals surface area (Å²) in [5.74, 6) is 5.95. The van der Waals surface area contributed by atoms with E-state index in [9.17, 15) is 4.39 Å². The molecule has 19 heavy (non-hydrogen) atoms. The Morgan fingerprint density at radius 1 is 1.37 bits per heavy atom. The predicted octanol–water partition coefficient (Wildman–Crippen LogP) is 1.94. The molecule has 1 aromatic rings. The molecule has 0 bridgehead atoms. The fourth-order valence-corrected chi connectivity index (χ4v) is 1.97. The molecule has 3 nitrogen and oxygen atoms in total. The van der Waals surface area contributed by atoms with Crippen LogP contribution in [0, 0.1) is 23.6 Å². The number of hydrogen-bond donors (Lipinski definition) is 1. The molecule has 0 amide bonds. The molecule has 1 aromatic carbocycles. The van der Waals surface area contributed by atoms with Crippen molar-refractivity contribution < 1.29 is 13.9 Å². The van der Waals surface area contributed by atoms with E-state index in [1.54, 1.807) is 12.1 Å². The van der Waals surface area contributed by atoms with E-state index in [1.165, 1.54) is 6.07 Å². The lowest BCUT2D eigenvalue weighted by Crippen LogP contribution is -2.21. The van der Waals surface area contributed by atoms with E-state index in [0.29, 0.717) is 18.1 Å². The summed E-state index contributed by atoms with van der Waals surface area (Å²) in [6.07, 6.45) is 1.93. The van der Waals surface area contributed by atoms with Gasteiger partial charge in [0.2, 0.25) is 0 Å². The lowest BCUT2D eigenvalue weighted by atomic mass is 10.0. The van der Waals surface area contributed by atoms with Crippen LogP contribution in [0.1, 0.15) is 18.4 Å². The molecular weight excluding hydrogens is 245 g/mol. The topological polar surface area (TPSA) is 44.5 Å². The van der Waals surface area contributed by atoms with Crippen LogP contribution in [0.4, 0.5) is 4.39 Å². The molecule has 4 heteroatoms. The molecule has 2 N–H and O–H groups in total. The number of halogens is 1. The van der Waals surface area contributed by atoms with E-state index in [1.807, 2.05) is 0 Å². The zero-order valence-electron chi connectivity index (χ0n) is 10.8. The first-order valence-electron chi connectivity index (χ1n) is 6.48. The van der Waals surface area contributed by atoms with Gasteiger partial charge in [0.25, 0.3) is 0 Å². The van der Waals surface area contributed by atoms with E-state index in [0.717, 1.165) is 26.1 Å². The van der Waals surface area contributed by atoms with E-state index in [2.05, 4.69) is 11.8 Å². The van der Waals surface area contributed by atoms with Gasteiger partial charge in [-0.3, -0.25) is 0 Å². The molecule has 0 unspecified atom stereocenters. The van der Waals surface area contributed by atoms with Crippen LogP contribution in [0.25, 0.3) is 0 Å². The zero-order chi connectivity index (χ0) is 13.5.